The summed E-state index contributed by atoms with van der Waals surface area (Å²) in [7, 11) is 1.54. The summed E-state index contributed by atoms with van der Waals surface area (Å²) in [5.41, 5.74) is 1.48. The van der Waals surface area contributed by atoms with E-state index in [4.69, 9.17) is 4.74 Å². The van der Waals surface area contributed by atoms with Crippen molar-refractivity contribution in [1.82, 2.24) is 20.2 Å². The topological polar surface area (TPSA) is 81.9 Å². The lowest BCUT2D eigenvalue weighted by Gasteiger charge is -2.11. The highest BCUT2D eigenvalue weighted by Gasteiger charge is 2.17. The van der Waals surface area contributed by atoms with Crippen molar-refractivity contribution in [1.29, 1.82) is 0 Å². The van der Waals surface area contributed by atoms with E-state index in [1.165, 1.54) is 11.8 Å². The smallest absolute Gasteiger partial charge is 0.234 e. The second-order valence-corrected chi connectivity index (χ2v) is 7.43. The Morgan fingerprint density at radius 3 is 2.82 bits per heavy atom. The molecule has 3 aromatic rings. The lowest BCUT2D eigenvalue weighted by molar-refractivity contribution is -0.113. The van der Waals surface area contributed by atoms with Gasteiger partial charge < -0.3 is 10.1 Å². The number of hydrogen-bond donors (Lipinski definition) is 1. The van der Waals surface area contributed by atoms with E-state index in [0.717, 1.165) is 23.4 Å². The van der Waals surface area contributed by atoms with Crippen molar-refractivity contribution in [2.45, 2.75) is 12.1 Å². The van der Waals surface area contributed by atoms with E-state index >= 15 is 0 Å². The van der Waals surface area contributed by atoms with Gasteiger partial charge in [-0.05, 0) is 57.0 Å². The number of carbonyl (C=O) groups excluding carboxylic acids is 1. The molecule has 7 nitrogen and oxygen atoms in total. The molecule has 1 heterocycles. The number of methoxy groups -OCH3 is 1. The van der Waals surface area contributed by atoms with Crippen LogP contribution in [-0.2, 0) is 4.79 Å². The molecule has 1 aromatic heterocycles. The molecular formula is C17H14BrF2N5O2S. The van der Waals surface area contributed by atoms with Crippen molar-refractivity contribution in [3.05, 3.63) is 52.0 Å². The average molecular weight is 470 g/mol. The maximum Gasteiger partial charge on any atom is 0.234 e. The molecule has 11 heteroatoms. The van der Waals surface area contributed by atoms with Gasteiger partial charge in [-0.25, -0.2) is 8.78 Å². The Kier molecular flexibility index (Phi) is 6.25. The lowest BCUT2D eigenvalue weighted by atomic mass is 10.2. The number of amides is 1. The molecule has 0 radical (unpaired) electrons. The third-order valence-electron chi connectivity index (χ3n) is 3.61. The Morgan fingerprint density at radius 2 is 2.11 bits per heavy atom. The number of anilines is 1. The van der Waals surface area contributed by atoms with E-state index in [0.29, 0.717) is 22.7 Å². The van der Waals surface area contributed by atoms with Crippen LogP contribution in [-0.4, -0.2) is 39.0 Å². The van der Waals surface area contributed by atoms with Crippen LogP contribution in [0.2, 0.25) is 0 Å². The Hall–Kier alpha value is -2.53. The Morgan fingerprint density at radius 1 is 1.32 bits per heavy atom. The predicted molar refractivity (Wildman–Crippen MR) is 104 cm³/mol. The van der Waals surface area contributed by atoms with Gasteiger partial charge in [0.1, 0.15) is 17.3 Å². The minimum atomic E-state index is -0.875. The highest BCUT2D eigenvalue weighted by molar-refractivity contribution is 9.10. The summed E-state index contributed by atoms with van der Waals surface area (Å²) in [6, 6.07) is 7.29. The van der Waals surface area contributed by atoms with Crippen molar-refractivity contribution >= 4 is 39.3 Å². The molecule has 2 aromatic carbocycles. The number of hydrogen-bond acceptors (Lipinski definition) is 6. The van der Waals surface area contributed by atoms with Crippen LogP contribution in [0.1, 0.15) is 5.56 Å². The van der Waals surface area contributed by atoms with Crippen molar-refractivity contribution in [3.8, 4) is 11.4 Å². The zero-order chi connectivity index (χ0) is 20.3. The van der Waals surface area contributed by atoms with Gasteiger partial charge in [0.05, 0.1) is 18.6 Å². The van der Waals surface area contributed by atoms with Crippen LogP contribution >= 0.6 is 27.7 Å². The number of thioether (sulfide) groups is 1. The molecule has 0 aliphatic carbocycles. The Labute approximate surface area is 171 Å². The van der Waals surface area contributed by atoms with Crippen LogP contribution in [0.3, 0.4) is 0 Å². The number of tetrazole rings is 1. The molecule has 0 aliphatic rings. The molecule has 0 fully saturated rings. The molecule has 28 heavy (non-hydrogen) atoms. The van der Waals surface area contributed by atoms with E-state index in [2.05, 4.69) is 36.8 Å². The van der Waals surface area contributed by atoms with Crippen LogP contribution in [0.15, 0.2) is 40.0 Å². The zero-order valence-corrected chi connectivity index (χ0v) is 17.1. The van der Waals surface area contributed by atoms with Crippen LogP contribution < -0.4 is 10.1 Å². The lowest BCUT2D eigenvalue weighted by Crippen LogP contribution is -2.16. The number of nitrogens with zero attached hydrogens (tertiary/aromatic N) is 4. The number of aryl methyl sites for hydroxylation is 1. The number of nitrogens with one attached hydrogen (secondary N) is 1. The fourth-order valence-electron chi connectivity index (χ4n) is 2.35. The fourth-order valence-corrected chi connectivity index (χ4v) is 3.54. The Bertz CT molecular complexity index is 1010. The zero-order valence-electron chi connectivity index (χ0n) is 14.7. The number of aromatic nitrogens is 4. The summed E-state index contributed by atoms with van der Waals surface area (Å²) in [5.74, 6) is -1.64. The highest BCUT2D eigenvalue weighted by atomic mass is 79.9. The molecular weight excluding hydrogens is 456 g/mol. The van der Waals surface area contributed by atoms with Gasteiger partial charge in [0.15, 0.2) is 5.82 Å². The van der Waals surface area contributed by atoms with Crippen LogP contribution in [0, 0.1) is 18.6 Å². The molecule has 0 aliphatic heterocycles. The summed E-state index contributed by atoms with van der Waals surface area (Å²) in [5, 5.41) is 14.3. The van der Waals surface area contributed by atoms with Crippen molar-refractivity contribution in [2.75, 3.05) is 18.2 Å². The molecule has 0 bridgehead atoms. The van der Waals surface area contributed by atoms with E-state index in [1.807, 2.05) is 19.1 Å². The van der Waals surface area contributed by atoms with Gasteiger partial charge in [-0.1, -0.05) is 17.8 Å². The summed E-state index contributed by atoms with van der Waals surface area (Å²) < 4.78 is 33.9. The quantitative estimate of drug-likeness (QED) is 0.553. The maximum atomic E-state index is 13.9. The maximum absolute atomic E-state index is 13.9. The van der Waals surface area contributed by atoms with Gasteiger partial charge >= 0.3 is 0 Å². The van der Waals surface area contributed by atoms with E-state index in [9.17, 15) is 13.6 Å². The number of ether oxygens (including phenoxy) is 1. The number of halogens is 3. The van der Waals surface area contributed by atoms with Crippen molar-refractivity contribution in [3.63, 3.8) is 0 Å². The highest BCUT2D eigenvalue weighted by Crippen LogP contribution is 2.29. The number of benzene rings is 2. The van der Waals surface area contributed by atoms with Gasteiger partial charge in [-0.2, -0.15) is 4.68 Å². The summed E-state index contributed by atoms with van der Waals surface area (Å²) >= 11 is 4.09. The first kappa shape index (κ1) is 20.2. The Balaban J connectivity index is 1.74. The van der Waals surface area contributed by atoms with E-state index in [-0.39, 0.29) is 15.9 Å². The van der Waals surface area contributed by atoms with Gasteiger partial charge in [0.2, 0.25) is 11.1 Å². The first-order chi connectivity index (χ1) is 13.4. The van der Waals surface area contributed by atoms with E-state index < -0.39 is 17.5 Å². The number of carbonyl (C=O) groups is 1. The second-order valence-electron chi connectivity index (χ2n) is 5.63. The molecule has 0 atom stereocenters. The van der Waals surface area contributed by atoms with E-state index in [1.54, 1.807) is 6.07 Å². The molecule has 0 saturated carbocycles. The molecule has 0 unspecified atom stereocenters. The average Bonchev–Trinajstić information content (AvgIpc) is 3.11. The minimum absolute atomic E-state index is 0.0856. The normalized spacial score (nSPS) is 10.8. The van der Waals surface area contributed by atoms with Gasteiger partial charge in [0.25, 0.3) is 0 Å². The first-order valence-corrected chi connectivity index (χ1v) is 9.67. The monoisotopic (exact) mass is 469 g/mol. The molecule has 3 rings (SSSR count). The van der Waals surface area contributed by atoms with Gasteiger partial charge in [-0.3, -0.25) is 4.79 Å². The molecule has 0 saturated heterocycles. The molecule has 146 valence electrons. The van der Waals surface area contributed by atoms with Crippen LogP contribution in [0.25, 0.3) is 5.69 Å². The fraction of sp³-hybridized carbons (Fsp3) is 0.176. The van der Waals surface area contributed by atoms with Crippen molar-refractivity contribution < 1.29 is 18.3 Å². The third kappa shape index (κ3) is 4.47. The van der Waals surface area contributed by atoms with Crippen LogP contribution in [0.5, 0.6) is 5.75 Å². The summed E-state index contributed by atoms with van der Waals surface area (Å²) in [6.45, 7) is 1.92. The van der Waals surface area contributed by atoms with Gasteiger partial charge in [-0.15, -0.1) is 5.10 Å². The minimum Gasteiger partial charge on any atom is -0.494 e. The standard InChI is InChI=1S/C17H14BrF2N5O2S/c1-9-3-4-14(27-2)13(5-9)25-17(22-23-24-25)28-8-15(26)21-16-11(18)6-10(19)7-12(16)20/h3-7H,8H2,1-2H3,(H,21,26). The predicted octanol–water partition coefficient (Wildman–Crippen LogP) is 3.75. The number of rotatable bonds is 6. The third-order valence-corrected chi connectivity index (χ3v) is 5.15. The second kappa shape index (κ2) is 8.65. The van der Waals surface area contributed by atoms with Crippen molar-refractivity contribution in [2.24, 2.45) is 0 Å². The molecule has 1 N–H and O–H groups in total. The van der Waals surface area contributed by atoms with Gasteiger partial charge in [0, 0.05) is 10.5 Å². The first-order valence-electron chi connectivity index (χ1n) is 7.89. The summed E-state index contributed by atoms with van der Waals surface area (Å²) in [4.78, 5) is 12.2. The van der Waals surface area contributed by atoms with Crippen LogP contribution in [0.4, 0.5) is 14.5 Å². The molecule has 0 spiro atoms. The molecule has 1 amide bonds. The SMILES string of the molecule is COc1ccc(C)cc1-n1nnnc1SCC(=O)Nc1c(F)cc(F)cc1Br. The largest absolute Gasteiger partial charge is 0.494 e. The summed E-state index contributed by atoms with van der Waals surface area (Å²) in [6.07, 6.45) is 0.